The van der Waals surface area contributed by atoms with E-state index in [0.29, 0.717) is 0 Å². The SMILES string of the molecule is CN(C)c1ccccc1S(=O)/C=C\c1ccccc1. The second-order valence-corrected chi connectivity index (χ2v) is 5.68. The van der Waals surface area contributed by atoms with Crippen molar-refractivity contribution in [3.05, 3.63) is 65.6 Å². The second-order valence-electron chi connectivity index (χ2n) is 4.37. The summed E-state index contributed by atoms with van der Waals surface area (Å²) >= 11 is 0. The largest absolute Gasteiger partial charge is 0.377 e. The summed E-state index contributed by atoms with van der Waals surface area (Å²) in [5.41, 5.74) is 2.04. The van der Waals surface area contributed by atoms with Crippen LogP contribution < -0.4 is 4.90 Å². The van der Waals surface area contributed by atoms with E-state index < -0.39 is 10.8 Å². The molecule has 98 valence electrons. The molecule has 0 fully saturated rings. The number of benzene rings is 2. The zero-order valence-electron chi connectivity index (χ0n) is 11.1. The first-order valence-electron chi connectivity index (χ1n) is 6.08. The number of para-hydroxylation sites is 1. The summed E-state index contributed by atoms with van der Waals surface area (Å²) in [7, 11) is 2.77. The lowest BCUT2D eigenvalue weighted by Crippen LogP contribution is -2.11. The Balaban J connectivity index is 2.24. The average molecular weight is 271 g/mol. The maximum absolute atomic E-state index is 12.3. The molecule has 3 heteroatoms. The summed E-state index contributed by atoms with van der Waals surface area (Å²) in [6.07, 6.45) is 1.89. The van der Waals surface area contributed by atoms with E-state index in [1.165, 1.54) is 0 Å². The molecule has 0 heterocycles. The van der Waals surface area contributed by atoms with E-state index in [2.05, 4.69) is 0 Å². The van der Waals surface area contributed by atoms with Crippen LogP contribution in [0.3, 0.4) is 0 Å². The molecular weight excluding hydrogens is 254 g/mol. The Hall–Kier alpha value is -1.87. The molecule has 0 saturated carbocycles. The Labute approximate surface area is 116 Å². The Kier molecular flexibility index (Phi) is 4.53. The number of nitrogens with zero attached hydrogens (tertiary/aromatic N) is 1. The first kappa shape index (κ1) is 13.6. The summed E-state index contributed by atoms with van der Waals surface area (Å²) in [6.45, 7) is 0. The van der Waals surface area contributed by atoms with Gasteiger partial charge in [0.25, 0.3) is 0 Å². The molecule has 0 spiro atoms. The molecule has 0 aromatic heterocycles. The zero-order chi connectivity index (χ0) is 13.7. The van der Waals surface area contributed by atoms with Crippen LogP contribution in [0.25, 0.3) is 6.08 Å². The van der Waals surface area contributed by atoms with Crippen molar-refractivity contribution in [3.8, 4) is 0 Å². The smallest absolute Gasteiger partial charge is 0.0797 e. The molecule has 0 aliphatic rings. The molecule has 2 nitrogen and oxygen atoms in total. The predicted molar refractivity (Wildman–Crippen MR) is 82.7 cm³/mol. The lowest BCUT2D eigenvalue weighted by atomic mass is 10.2. The fourth-order valence-corrected chi connectivity index (χ4v) is 2.87. The van der Waals surface area contributed by atoms with Gasteiger partial charge in [0.2, 0.25) is 0 Å². The summed E-state index contributed by atoms with van der Waals surface area (Å²) in [5, 5.41) is 1.73. The van der Waals surface area contributed by atoms with Crippen LogP contribution in [0.1, 0.15) is 5.56 Å². The van der Waals surface area contributed by atoms with E-state index in [-0.39, 0.29) is 0 Å². The van der Waals surface area contributed by atoms with E-state index >= 15 is 0 Å². The third-order valence-electron chi connectivity index (χ3n) is 2.75. The van der Waals surface area contributed by atoms with E-state index in [0.717, 1.165) is 16.1 Å². The van der Waals surface area contributed by atoms with Crippen LogP contribution in [-0.4, -0.2) is 18.3 Å². The van der Waals surface area contributed by atoms with Crippen molar-refractivity contribution in [2.45, 2.75) is 4.90 Å². The van der Waals surface area contributed by atoms with Crippen molar-refractivity contribution >= 4 is 22.6 Å². The van der Waals surface area contributed by atoms with Crippen LogP contribution in [0.15, 0.2) is 64.9 Å². The Morgan fingerprint density at radius 1 is 0.947 bits per heavy atom. The van der Waals surface area contributed by atoms with Crippen LogP contribution in [-0.2, 0) is 10.8 Å². The molecule has 19 heavy (non-hydrogen) atoms. The molecule has 0 radical (unpaired) electrons. The van der Waals surface area contributed by atoms with Gasteiger partial charge in [-0.25, -0.2) is 4.21 Å². The van der Waals surface area contributed by atoms with Crippen molar-refractivity contribution < 1.29 is 4.21 Å². The highest BCUT2D eigenvalue weighted by atomic mass is 32.2. The molecule has 1 unspecified atom stereocenters. The average Bonchev–Trinajstić information content (AvgIpc) is 2.46. The highest BCUT2D eigenvalue weighted by Gasteiger charge is 2.07. The van der Waals surface area contributed by atoms with Crippen LogP contribution in [0.2, 0.25) is 0 Å². The van der Waals surface area contributed by atoms with Gasteiger partial charge in [-0.2, -0.15) is 0 Å². The van der Waals surface area contributed by atoms with E-state index in [1.54, 1.807) is 5.41 Å². The molecule has 0 aliphatic carbocycles. The fraction of sp³-hybridized carbons (Fsp3) is 0.125. The van der Waals surface area contributed by atoms with Gasteiger partial charge in [-0.3, -0.25) is 0 Å². The van der Waals surface area contributed by atoms with Crippen molar-refractivity contribution in [2.24, 2.45) is 0 Å². The molecule has 0 amide bonds. The monoisotopic (exact) mass is 271 g/mol. The third kappa shape index (κ3) is 3.55. The molecule has 0 bridgehead atoms. The standard InChI is InChI=1S/C16H17NOS/c1-17(2)15-10-6-7-11-16(15)19(18)13-12-14-8-4-3-5-9-14/h3-13H,1-2H3/b13-12-. The molecule has 0 N–H and O–H groups in total. The lowest BCUT2D eigenvalue weighted by molar-refractivity contribution is 0.688. The van der Waals surface area contributed by atoms with Gasteiger partial charge in [0, 0.05) is 19.5 Å². The van der Waals surface area contributed by atoms with Crippen molar-refractivity contribution in [1.29, 1.82) is 0 Å². The van der Waals surface area contributed by atoms with Gasteiger partial charge in [-0.1, -0.05) is 42.5 Å². The minimum absolute atomic E-state index is 0.833. The maximum Gasteiger partial charge on any atom is 0.0797 e. The maximum atomic E-state index is 12.3. The molecule has 2 aromatic carbocycles. The van der Waals surface area contributed by atoms with Gasteiger partial charge in [-0.05, 0) is 23.8 Å². The zero-order valence-corrected chi connectivity index (χ0v) is 11.9. The van der Waals surface area contributed by atoms with Crippen molar-refractivity contribution in [2.75, 3.05) is 19.0 Å². The first-order valence-corrected chi connectivity index (χ1v) is 7.30. The number of rotatable bonds is 4. The van der Waals surface area contributed by atoms with Crippen molar-refractivity contribution in [3.63, 3.8) is 0 Å². The van der Waals surface area contributed by atoms with Crippen LogP contribution >= 0.6 is 0 Å². The van der Waals surface area contributed by atoms with E-state index in [9.17, 15) is 4.21 Å². The normalized spacial score (nSPS) is 12.5. The minimum atomic E-state index is -1.14. The topological polar surface area (TPSA) is 20.3 Å². The molecule has 2 rings (SSSR count). The van der Waals surface area contributed by atoms with Crippen LogP contribution in [0.4, 0.5) is 5.69 Å². The fourth-order valence-electron chi connectivity index (χ4n) is 1.77. The van der Waals surface area contributed by atoms with Gasteiger partial charge in [0.15, 0.2) is 0 Å². The van der Waals surface area contributed by atoms with Crippen molar-refractivity contribution in [1.82, 2.24) is 0 Å². The third-order valence-corrected chi connectivity index (χ3v) is 3.91. The predicted octanol–water partition coefficient (Wildman–Crippen LogP) is 3.53. The Morgan fingerprint density at radius 2 is 1.58 bits per heavy atom. The summed E-state index contributed by atoms with van der Waals surface area (Å²) in [6, 6.07) is 17.6. The number of hydrogen-bond donors (Lipinski definition) is 0. The second kappa shape index (κ2) is 6.34. The Morgan fingerprint density at radius 3 is 2.26 bits per heavy atom. The van der Waals surface area contributed by atoms with Crippen LogP contribution in [0, 0.1) is 0 Å². The molecule has 2 aromatic rings. The highest BCUT2D eigenvalue weighted by molar-refractivity contribution is 7.88. The quantitative estimate of drug-likeness (QED) is 0.848. The molecular formula is C16H17NOS. The van der Waals surface area contributed by atoms with Crippen LogP contribution in [0.5, 0.6) is 0 Å². The number of anilines is 1. The van der Waals surface area contributed by atoms with Gasteiger partial charge < -0.3 is 4.90 Å². The minimum Gasteiger partial charge on any atom is -0.377 e. The van der Waals surface area contributed by atoms with Gasteiger partial charge >= 0.3 is 0 Å². The molecule has 0 aliphatic heterocycles. The van der Waals surface area contributed by atoms with Gasteiger partial charge in [-0.15, -0.1) is 0 Å². The highest BCUT2D eigenvalue weighted by Crippen LogP contribution is 2.22. The Bertz CT molecular complexity index is 591. The summed E-state index contributed by atoms with van der Waals surface area (Å²) in [4.78, 5) is 2.81. The van der Waals surface area contributed by atoms with E-state index in [1.807, 2.05) is 79.7 Å². The lowest BCUT2D eigenvalue weighted by Gasteiger charge is -2.15. The first-order chi connectivity index (χ1) is 9.18. The van der Waals surface area contributed by atoms with E-state index in [4.69, 9.17) is 0 Å². The summed E-state index contributed by atoms with van der Waals surface area (Å²) in [5.74, 6) is 0. The molecule has 0 saturated heterocycles. The summed E-state index contributed by atoms with van der Waals surface area (Å²) < 4.78 is 12.3. The number of hydrogen-bond acceptors (Lipinski definition) is 2. The van der Waals surface area contributed by atoms with Gasteiger partial charge in [0.05, 0.1) is 21.4 Å². The molecule has 1 atom stereocenters. The van der Waals surface area contributed by atoms with Gasteiger partial charge in [0.1, 0.15) is 0 Å².